The van der Waals surface area contributed by atoms with Crippen LogP contribution in [0.3, 0.4) is 0 Å². The largest absolute Gasteiger partial charge is 0.353 e. The summed E-state index contributed by atoms with van der Waals surface area (Å²) >= 11 is 1.67. The van der Waals surface area contributed by atoms with Gasteiger partial charge < -0.3 is 9.55 Å². The molecule has 0 bridgehead atoms. The molecule has 22 heavy (non-hydrogen) atoms. The molecule has 4 rings (SSSR count). The van der Waals surface area contributed by atoms with Gasteiger partial charge in [0.2, 0.25) is 0 Å². The van der Waals surface area contributed by atoms with Crippen molar-refractivity contribution in [3.8, 4) is 11.4 Å². The Balaban J connectivity index is 1.71. The molecule has 3 nitrogen and oxygen atoms in total. The van der Waals surface area contributed by atoms with Gasteiger partial charge >= 0.3 is 0 Å². The van der Waals surface area contributed by atoms with Gasteiger partial charge in [0.25, 0.3) is 0 Å². The molecule has 0 aliphatic rings. The quantitative estimate of drug-likeness (QED) is 0.594. The van der Waals surface area contributed by atoms with Gasteiger partial charge in [0.15, 0.2) is 5.16 Å². The van der Waals surface area contributed by atoms with Crippen molar-refractivity contribution in [2.75, 3.05) is 0 Å². The maximum Gasteiger partial charge on any atom is 0.173 e. The van der Waals surface area contributed by atoms with Gasteiger partial charge in [-0.1, -0.05) is 48.2 Å². The van der Waals surface area contributed by atoms with Gasteiger partial charge in [0.1, 0.15) is 0 Å². The van der Waals surface area contributed by atoms with Gasteiger partial charge in [-0.15, -0.1) is 0 Å². The minimum atomic E-state index is 0.986. The second kappa shape index (κ2) is 5.39. The highest BCUT2D eigenvalue weighted by Gasteiger charge is 2.11. The first-order chi connectivity index (χ1) is 10.8. The van der Waals surface area contributed by atoms with Crippen LogP contribution in [0.15, 0.2) is 76.9 Å². The average Bonchev–Trinajstić information content (AvgIpc) is 3.12. The lowest BCUT2D eigenvalue weighted by Gasteiger charge is -2.04. The lowest BCUT2D eigenvalue weighted by Crippen LogP contribution is -1.93. The molecule has 0 atom stereocenters. The minimum Gasteiger partial charge on any atom is -0.353 e. The zero-order chi connectivity index (χ0) is 14.9. The number of fused-ring (bicyclic) bond motifs is 1. The van der Waals surface area contributed by atoms with Crippen molar-refractivity contribution >= 4 is 22.7 Å². The highest BCUT2D eigenvalue weighted by atomic mass is 32.2. The fourth-order valence-corrected chi connectivity index (χ4v) is 3.39. The van der Waals surface area contributed by atoms with Crippen LogP contribution in [0.2, 0.25) is 0 Å². The Morgan fingerprint density at radius 2 is 1.77 bits per heavy atom. The maximum absolute atomic E-state index is 4.56. The summed E-state index contributed by atoms with van der Waals surface area (Å²) in [5.74, 6) is 0. The Morgan fingerprint density at radius 1 is 1.00 bits per heavy atom. The first-order valence-corrected chi connectivity index (χ1v) is 7.96. The van der Waals surface area contributed by atoms with E-state index in [1.54, 1.807) is 11.8 Å². The van der Waals surface area contributed by atoms with E-state index in [9.17, 15) is 0 Å². The second-order valence-electron chi connectivity index (χ2n) is 5.17. The van der Waals surface area contributed by atoms with Crippen LogP contribution in [0.5, 0.6) is 0 Å². The number of para-hydroxylation sites is 1. The van der Waals surface area contributed by atoms with E-state index in [0.717, 1.165) is 22.1 Å². The monoisotopic (exact) mass is 305 g/mol. The molecule has 0 unspecified atom stereocenters. The summed E-state index contributed by atoms with van der Waals surface area (Å²) in [4.78, 5) is 9.22. The summed E-state index contributed by atoms with van der Waals surface area (Å²) in [5, 5.41) is 2.20. The number of nitrogens with zero attached hydrogens (tertiary/aromatic N) is 2. The molecule has 0 fully saturated rings. The van der Waals surface area contributed by atoms with E-state index in [1.165, 1.54) is 10.3 Å². The summed E-state index contributed by atoms with van der Waals surface area (Å²) < 4.78 is 2.13. The first-order valence-electron chi connectivity index (χ1n) is 7.14. The van der Waals surface area contributed by atoms with Gasteiger partial charge in [-0.05, 0) is 24.3 Å². The lowest BCUT2D eigenvalue weighted by atomic mass is 10.2. The van der Waals surface area contributed by atoms with Crippen LogP contribution in [0.1, 0.15) is 0 Å². The van der Waals surface area contributed by atoms with Crippen molar-refractivity contribution in [1.82, 2.24) is 14.5 Å². The SMILES string of the molecule is Cn1c(-c2cc3ccccc3[nH]2)cnc1Sc1ccccc1. The molecule has 0 aliphatic heterocycles. The number of H-pyrrole nitrogens is 1. The lowest BCUT2D eigenvalue weighted by molar-refractivity contribution is 0.795. The number of hydrogen-bond donors (Lipinski definition) is 1. The van der Waals surface area contributed by atoms with Crippen LogP contribution in [0, 0.1) is 0 Å². The number of aromatic amines is 1. The van der Waals surface area contributed by atoms with Crippen molar-refractivity contribution in [2.45, 2.75) is 10.1 Å². The Labute approximate surface area is 133 Å². The molecule has 0 saturated carbocycles. The zero-order valence-electron chi connectivity index (χ0n) is 12.2. The van der Waals surface area contributed by atoms with E-state index in [2.05, 4.69) is 58.0 Å². The Morgan fingerprint density at radius 3 is 2.59 bits per heavy atom. The number of nitrogens with one attached hydrogen (secondary N) is 1. The number of benzene rings is 2. The van der Waals surface area contributed by atoms with Crippen LogP contribution in [0.4, 0.5) is 0 Å². The molecule has 2 heterocycles. The van der Waals surface area contributed by atoms with E-state index < -0.39 is 0 Å². The second-order valence-corrected chi connectivity index (χ2v) is 6.21. The fraction of sp³-hybridized carbons (Fsp3) is 0.0556. The molecule has 0 spiro atoms. The van der Waals surface area contributed by atoms with Gasteiger partial charge in [-0.2, -0.15) is 0 Å². The average molecular weight is 305 g/mol. The standard InChI is InChI=1S/C18H15N3S/c1-21-17(16-11-13-7-5-6-10-15(13)20-16)12-19-18(21)22-14-8-3-2-4-9-14/h2-12,20H,1H3. The van der Waals surface area contributed by atoms with Crippen LogP contribution in [0.25, 0.3) is 22.3 Å². The van der Waals surface area contributed by atoms with Crippen molar-refractivity contribution in [2.24, 2.45) is 7.05 Å². The maximum atomic E-state index is 4.56. The normalized spacial score (nSPS) is 11.1. The van der Waals surface area contributed by atoms with Gasteiger partial charge in [-0.25, -0.2) is 4.98 Å². The fourth-order valence-electron chi connectivity index (χ4n) is 2.54. The van der Waals surface area contributed by atoms with Crippen LogP contribution < -0.4 is 0 Å². The molecule has 4 aromatic rings. The van der Waals surface area contributed by atoms with Crippen LogP contribution in [-0.2, 0) is 7.05 Å². The summed E-state index contributed by atoms with van der Waals surface area (Å²) in [7, 11) is 2.05. The molecule has 2 aromatic carbocycles. The Bertz CT molecular complexity index is 889. The zero-order valence-corrected chi connectivity index (χ0v) is 13.0. The summed E-state index contributed by atoms with van der Waals surface area (Å²) in [6, 6.07) is 20.8. The number of imidazole rings is 1. The Kier molecular flexibility index (Phi) is 3.24. The molecule has 4 heteroatoms. The molecular weight excluding hydrogens is 290 g/mol. The third-order valence-corrected chi connectivity index (χ3v) is 4.77. The number of rotatable bonds is 3. The number of hydrogen-bond acceptors (Lipinski definition) is 2. The molecule has 108 valence electrons. The molecular formula is C18H15N3S. The van der Waals surface area contributed by atoms with E-state index in [4.69, 9.17) is 0 Å². The molecule has 0 amide bonds. The molecule has 0 aliphatic carbocycles. The topological polar surface area (TPSA) is 33.6 Å². The minimum absolute atomic E-state index is 0.986. The van der Waals surface area contributed by atoms with Gasteiger partial charge in [0.05, 0.1) is 17.6 Å². The third kappa shape index (κ3) is 2.31. The smallest absolute Gasteiger partial charge is 0.173 e. The van der Waals surface area contributed by atoms with Crippen LogP contribution >= 0.6 is 11.8 Å². The number of aromatic nitrogens is 3. The summed E-state index contributed by atoms with van der Waals surface area (Å²) in [6.07, 6.45) is 1.93. The molecule has 2 aromatic heterocycles. The predicted octanol–water partition coefficient (Wildman–Crippen LogP) is 4.72. The molecule has 0 radical (unpaired) electrons. The molecule has 0 saturated heterocycles. The van der Waals surface area contributed by atoms with Crippen molar-refractivity contribution < 1.29 is 0 Å². The van der Waals surface area contributed by atoms with Gasteiger partial charge in [-0.3, -0.25) is 0 Å². The van der Waals surface area contributed by atoms with Crippen molar-refractivity contribution in [3.63, 3.8) is 0 Å². The van der Waals surface area contributed by atoms with E-state index in [-0.39, 0.29) is 0 Å². The first kappa shape index (κ1) is 13.2. The molecule has 1 N–H and O–H groups in total. The highest BCUT2D eigenvalue weighted by molar-refractivity contribution is 7.99. The van der Waals surface area contributed by atoms with E-state index in [1.807, 2.05) is 30.5 Å². The summed E-state index contributed by atoms with van der Waals surface area (Å²) in [5.41, 5.74) is 3.33. The Hall–Kier alpha value is -2.46. The van der Waals surface area contributed by atoms with Crippen molar-refractivity contribution in [1.29, 1.82) is 0 Å². The summed E-state index contributed by atoms with van der Waals surface area (Å²) in [6.45, 7) is 0. The predicted molar refractivity (Wildman–Crippen MR) is 91.1 cm³/mol. The van der Waals surface area contributed by atoms with Crippen molar-refractivity contribution in [3.05, 3.63) is 66.9 Å². The highest BCUT2D eigenvalue weighted by Crippen LogP contribution is 2.30. The van der Waals surface area contributed by atoms with Crippen LogP contribution in [-0.4, -0.2) is 14.5 Å². The van der Waals surface area contributed by atoms with Gasteiger partial charge in [0, 0.05) is 22.8 Å². The van der Waals surface area contributed by atoms with E-state index in [0.29, 0.717) is 0 Å². The third-order valence-electron chi connectivity index (χ3n) is 3.70. The van der Waals surface area contributed by atoms with E-state index >= 15 is 0 Å².